The van der Waals surface area contributed by atoms with E-state index in [0.717, 1.165) is 24.8 Å². The smallest absolute Gasteiger partial charge is 0.282 e. The van der Waals surface area contributed by atoms with Crippen molar-refractivity contribution in [1.29, 1.82) is 0 Å². The van der Waals surface area contributed by atoms with Crippen molar-refractivity contribution in [3.63, 3.8) is 0 Å². The van der Waals surface area contributed by atoms with E-state index in [1.165, 1.54) is 16.7 Å². The summed E-state index contributed by atoms with van der Waals surface area (Å²) in [5, 5.41) is 9.73. The van der Waals surface area contributed by atoms with Gasteiger partial charge in [-0.1, -0.05) is 30.3 Å². The number of amidine groups is 1. The van der Waals surface area contributed by atoms with Crippen molar-refractivity contribution in [3.05, 3.63) is 53.6 Å². The Morgan fingerprint density at radius 1 is 1.18 bits per heavy atom. The number of phenols is 1. The Morgan fingerprint density at radius 3 is 2.82 bits per heavy atom. The summed E-state index contributed by atoms with van der Waals surface area (Å²) in [6.07, 6.45) is 2.68. The van der Waals surface area contributed by atoms with Crippen molar-refractivity contribution in [2.45, 2.75) is 24.9 Å². The van der Waals surface area contributed by atoms with Crippen molar-refractivity contribution in [2.24, 2.45) is 10.7 Å². The molecule has 0 fully saturated rings. The summed E-state index contributed by atoms with van der Waals surface area (Å²) in [7, 11) is 0. The molecule has 1 atom stereocenters. The van der Waals surface area contributed by atoms with Crippen LogP contribution in [0.5, 0.6) is 5.75 Å². The van der Waals surface area contributed by atoms with Crippen LogP contribution in [0.3, 0.4) is 0 Å². The summed E-state index contributed by atoms with van der Waals surface area (Å²) in [5.74, 6) is 0.294. The van der Waals surface area contributed by atoms with Crippen LogP contribution in [0.15, 0.2) is 47.5 Å². The van der Waals surface area contributed by atoms with E-state index >= 15 is 0 Å². The largest absolute Gasteiger partial charge is 0.508 e. The Labute approximate surface area is 129 Å². The van der Waals surface area contributed by atoms with Gasteiger partial charge < -0.3 is 15.6 Å². The monoisotopic (exact) mass is 294 g/mol. The van der Waals surface area contributed by atoms with Crippen LogP contribution in [0.4, 0.5) is 0 Å². The second kappa shape index (κ2) is 4.77. The van der Waals surface area contributed by atoms with Crippen LogP contribution in [0.2, 0.25) is 0 Å². The zero-order chi connectivity index (χ0) is 15.2. The molecule has 0 bridgehead atoms. The number of phenolic OH excluding ortho intramolecular Hbond substituents is 1. The summed E-state index contributed by atoms with van der Waals surface area (Å²) in [6.45, 7) is 0.647. The fraction of sp³-hybridized carbons (Fsp3) is 0.278. The Balaban J connectivity index is 1.73. The van der Waals surface area contributed by atoms with E-state index < -0.39 is 0 Å². The van der Waals surface area contributed by atoms with Gasteiger partial charge in [0.2, 0.25) is 0 Å². The molecule has 0 saturated heterocycles. The van der Waals surface area contributed by atoms with Gasteiger partial charge in [0.05, 0.1) is 6.54 Å². The van der Waals surface area contributed by atoms with E-state index in [1.54, 1.807) is 6.07 Å². The third-order valence-electron chi connectivity index (χ3n) is 4.62. The summed E-state index contributed by atoms with van der Waals surface area (Å²) in [4.78, 5) is 4.22. The average Bonchev–Trinajstić information content (AvgIpc) is 2.87. The van der Waals surface area contributed by atoms with Gasteiger partial charge in [0.1, 0.15) is 11.4 Å². The lowest BCUT2D eigenvalue weighted by atomic mass is 9.78. The quantitative estimate of drug-likeness (QED) is 0.849. The number of hydrogen-bond acceptors (Lipinski definition) is 4. The van der Waals surface area contributed by atoms with Crippen molar-refractivity contribution < 1.29 is 9.84 Å². The third kappa shape index (κ3) is 2.11. The maximum Gasteiger partial charge on any atom is 0.282 e. The highest BCUT2D eigenvalue weighted by Crippen LogP contribution is 2.38. The van der Waals surface area contributed by atoms with E-state index in [1.807, 2.05) is 18.2 Å². The van der Waals surface area contributed by atoms with Crippen LogP contribution in [-0.4, -0.2) is 23.3 Å². The number of fused-ring (bicyclic) bond motifs is 1. The molecule has 4 nitrogen and oxygen atoms in total. The molecule has 1 aliphatic carbocycles. The van der Waals surface area contributed by atoms with Crippen LogP contribution >= 0.6 is 0 Å². The summed E-state index contributed by atoms with van der Waals surface area (Å²) < 4.78 is 5.80. The lowest BCUT2D eigenvalue weighted by Crippen LogP contribution is -2.40. The van der Waals surface area contributed by atoms with Crippen molar-refractivity contribution in [3.8, 4) is 16.9 Å². The maximum absolute atomic E-state index is 9.73. The van der Waals surface area contributed by atoms with Gasteiger partial charge in [0.15, 0.2) is 0 Å². The maximum atomic E-state index is 9.73. The lowest BCUT2D eigenvalue weighted by Gasteiger charge is -2.34. The predicted molar refractivity (Wildman–Crippen MR) is 85.9 cm³/mol. The number of rotatable bonds is 1. The standard InChI is InChI=1S/C18H18N2O2/c19-17-20-11-18(22-17)8-7-16-13(10-18)4-2-6-15(16)12-3-1-5-14(21)9-12/h1-6,9,21H,7-8,10-11H2,(H2,19,20). The highest BCUT2D eigenvalue weighted by molar-refractivity contribution is 5.74. The Kier molecular flexibility index (Phi) is 2.86. The molecule has 0 radical (unpaired) electrons. The van der Waals surface area contributed by atoms with Crippen molar-refractivity contribution >= 4 is 6.02 Å². The van der Waals surface area contributed by atoms with E-state index in [-0.39, 0.29) is 5.60 Å². The van der Waals surface area contributed by atoms with E-state index in [2.05, 4.69) is 23.2 Å². The van der Waals surface area contributed by atoms with Gasteiger partial charge in [-0.05, 0) is 47.2 Å². The minimum atomic E-state index is -0.255. The highest BCUT2D eigenvalue weighted by Gasteiger charge is 2.40. The minimum Gasteiger partial charge on any atom is -0.508 e. The molecule has 1 heterocycles. The summed E-state index contributed by atoms with van der Waals surface area (Å²) in [5.41, 5.74) is 10.3. The van der Waals surface area contributed by atoms with Crippen LogP contribution in [0, 0.1) is 0 Å². The number of ether oxygens (including phenoxy) is 1. The first-order valence-corrected chi connectivity index (χ1v) is 7.54. The fourth-order valence-electron chi connectivity index (χ4n) is 3.56. The van der Waals surface area contributed by atoms with Gasteiger partial charge >= 0.3 is 0 Å². The molecule has 0 aromatic heterocycles. The second-order valence-electron chi connectivity index (χ2n) is 6.11. The van der Waals surface area contributed by atoms with E-state index in [4.69, 9.17) is 10.5 Å². The van der Waals surface area contributed by atoms with Crippen molar-refractivity contribution in [2.75, 3.05) is 6.54 Å². The normalized spacial score (nSPS) is 23.0. The SMILES string of the molecule is NC1=NCC2(CCc3c(cccc3-c3cccc(O)c3)C2)O1. The molecule has 4 rings (SSSR count). The summed E-state index contributed by atoms with van der Waals surface area (Å²) >= 11 is 0. The van der Waals surface area contributed by atoms with Crippen LogP contribution in [0.25, 0.3) is 11.1 Å². The molecule has 1 spiro atoms. The topological polar surface area (TPSA) is 67.8 Å². The zero-order valence-electron chi connectivity index (χ0n) is 12.2. The van der Waals surface area contributed by atoms with Crippen LogP contribution < -0.4 is 5.73 Å². The molecule has 2 aromatic rings. The van der Waals surface area contributed by atoms with Crippen LogP contribution in [0.1, 0.15) is 17.5 Å². The Bertz CT molecular complexity index is 769. The number of nitrogens with zero attached hydrogens (tertiary/aromatic N) is 1. The molecule has 1 aliphatic heterocycles. The molecular formula is C18H18N2O2. The van der Waals surface area contributed by atoms with Gasteiger partial charge in [-0.3, -0.25) is 0 Å². The molecule has 0 amide bonds. The molecule has 1 unspecified atom stereocenters. The molecular weight excluding hydrogens is 276 g/mol. The second-order valence-corrected chi connectivity index (χ2v) is 6.11. The van der Waals surface area contributed by atoms with Gasteiger partial charge in [0.25, 0.3) is 6.02 Å². The lowest BCUT2D eigenvalue weighted by molar-refractivity contribution is 0.0704. The number of aliphatic imine (C=N–C) groups is 1. The number of hydrogen-bond donors (Lipinski definition) is 2. The minimum absolute atomic E-state index is 0.255. The molecule has 2 aromatic carbocycles. The molecule has 22 heavy (non-hydrogen) atoms. The van der Waals surface area contributed by atoms with Crippen molar-refractivity contribution in [1.82, 2.24) is 0 Å². The number of aromatic hydroxyl groups is 1. The Hall–Kier alpha value is -2.49. The molecule has 2 aliphatic rings. The first-order valence-electron chi connectivity index (χ1n) is 7.54. The van der Waals surface area contributed by atoms with Gasteiger partial charge in [0, 0.05) is 6.42 Å². The first kappa shape index (κ1) is 13.2. The highest BCUT2D eigenvalue weighted by atomic mass is 16.5. The third-order valence-corrected chi connectivity index (χ3v) is 4.62. The molecule has 4 heteroatoms. The fourth-order valence-corrected chi connectivity index (χ4v) is 3.56. The molecule has 112 valence electrons. The predicted octanol–water partition coefficient (Wildman–Crippen LogP) is 2.63. The summed E-state index contributed by atoms with van der Waals surface area (Å²) in [6, 6.07) is 14.1. The molecule has 0 saturated carbocycles. The van der Waals surface area contributed by atoms with Gasteiger partial charge in [-0.15, -0.1) is 0 Å². The van der Waals surface area contributed by atoms with Crippen LogP contribution in [-0.2, 0) is 17.6 Å². The number of nitrogens with two attached hydrogens (primary N) is 1. The zero-order valence-corrected chi connectivity index (χ0v) is 12.2. The average molecular weight is 294 g/mol. The van der Waals surface area contributed by atoms with Gasteiger partial charge in [-0.25, -0.2) is 4.99 Å². The Morgan fingerprint density at radius 2 is 2.05 bits per heavy atom. The van der Waals surface area contributed by atoms with E-state index in [0.29, 0.717) is 18.3 Å². The first-order chi connectivity index (χ1) is 10.7. The number of benzene rings is 2. The van der Waals surface area contributed by atoms with E-state index in [9.17, 15) is 5.11 Å². The van der Waals surface area contributed by atoms with Gasteiger partial charge in [-0.2, -0.15) is 0 Å². The molecule has 3 N–H and O–H groups in total.